The molecule has 3 heteroatoms. The average molecular weight is 187 g/mol. The molecule has 1 unspecified atom stereocenters. The van der Waals surface area contributed by atoms with E-state index in [2.05, 4.69) is 18.7 Å². The van der Waals surface area contributed by atoms with Crippen LogP contribution in [0.5, 0.6) is 0 Å². The van der Waals surface area contributed by atoms with Crippen LogP contribution in [0, 0.1) is 0 Å². The van der Waals surface area contributed by atoms with Gasteiger partial charge in [-0.3, -0.25) is 4.90 Å². The zero-order chi connectivity index (χ0) is 9.90. The second-order valence-corrected chi connectivity index (χ2v) is 4.46. The number of hydrogen-bond donors (Lipinski definition) is 1. The lowest BCUT2D eigenvalue weighted by molar-refractivity contribution is 0.133. The van der Waals surface area contributed by atoms with Crippen molar-refractivity contribution < 1.29 is 9.84 Å². The first-order valence-corrected chi connectivity index (χ1v) is 4.98. The molecule has 0 bridgehead atoms. The highest BCUT2D eigenvalue weighted by molar-refractivity contribution is 4.92. The summed E-state index contributed by atoms with van der Waals surface area (Å²) in [6.07, 6.45) is 1.80. The number of ether oxygens (including phenoxy) is 1. The van der Waals surface area contributed by atoms with Crippen molar-refractivity contribution in [3.8, 4) is 0 Å². The smallest absolute Gasteiger partial charge is 0.0684 e. The Morgan fingerprint density at radius 3 is 2.69 bits per heavy atom. The number of methoxy groups -OCH3 is 1. The fourth-order valence-corrected chi connectivity index (χ4v) is 2.07. The summed E-state index contributed by atoms with van der Waals surface area (Å²) in [5, 5.41) is 9.52. The summed E-state index contributed by atoms with van der Waals surface area (Å²) in [7, 11) is 1.73. The van der Waals surface area contributed by atoms with Gasteiger partial charge in [0.25, 0.3) is 0 Å². The lowest BCUT2D eigenvalue weighted by atomic mass is 10.0. The first kappa shape index (κ1) is 11.0. The molecule has 0 aromatic carbocycles. The van der Waals surface area contributed by atoms with Crippen molar-refractivity contribution in [2.75, 3.05) is 26.8 Å². The molecule has 3 nitrogen and oxygen atoms in total. The van der Waals surface area contributed by atoms with Gasteiger partial charge in [0.15, 0.2) is 0 Å². The Balaban J connectivity index is 2.32. The molecule has 1 rings (SSSR count). The van der Waals surface area contributed by atoms with Crippen LogP contribution in [0.4, 0.5) is 0 Å². The standard InChI is InChI=1S/C10H21NO2/c1-10(2)7-9(12)8-11(10)5-4-6-13-3/h9,12H,4-8H2,1-3H3. The van der Waals surface area contributed by atoms with Gasteiger partial charge < -0.3 is 9.84 Å². The molecule has 1 aliphatic heterocycles. The van der Waals surface area contributed by atoms with Gasteiger partial charge in [-0.25, -0.2) is 0 Å². The monoisotopic (exact) mass is 187 g/mol. The summed E-state index contributed by atoms with van der Waals surface area (Å²) in [5.41, 5.74) is 0.160. The van der Waals surface area contributed by atoms with E-state index in [-0.39, 0.29) is 11.6 Å². The van der Waals surface area contributed by atoms with E-state index in [0.29, 0.717) is 0 Å². The highest BCUT2D eigenvalue weighted by atomic mass is 16.5. The minimum absolute atomic E-state index is 0.141. The molecule has 13 heavy (non-hydrogen) atoms. The van der Waals surface area contributed by atoms with Gasteiger partial charge in [-0.2, -0.15) is 0 Å². The summed E-state index contributed by atoms with van der Waals surface area (Å²) < 4.78 is 5.01. The number of rotatable bonds is 4. The number of hydrogen-bond acceptors (Lipinski definition) is 3. The van der Waals surface area contributed by atoms with Gasteiger partial charge in [0.05, 0.1) is 6.10 Å². The van der Waals surface area contributed by atoms with E-state index in [1.54, 1.807) is 7.11 Å². The largest absolute Gasteiger partial charge is 0.392 e. The summed E-state index contributed by atoms with van der Waals surface area (Å²) in [4.78, 5) is 2.34. The molecule has 0 spiro atoms. The topological polar surface area (TPSA) is 32.7 Å². The first-order valence-electron chi connectivity index (χ1n) is 4.98. The van der Waals surface area contributed by atoms with Crippen molar-refractivity contribution in [1.82, 2.24) is 4.90 Å². The van der Waals surface area contributed by atoms with Crippen LogP contribution >= 0.6 is 0 Å². The molecule has 78 valence electrons. The minimum atomic E-state index is -0.141. The normalized spacial score (nSPS) is 28.2. The number of aliphatic hydroxyl groups is 1. The molecule has 1 N–H and O–H groups in total. The zero-order valence-electron chi connectivity index (χ0n) is 8.92. The maximum absolute atomic E-state index is 9.52. The molecule has 0 aliphatic carbocycles. The van der Waals surface area contributed by atoms with E-state index in [1.807, 2.05) is 0 Å². The lowest BCUT2D eigenvalue weighted by Gasteiger charge is -2.30. The van der Waals surface area contributed by atoms with E-state index in [9.17, 15) is 5.11 Å². The highest BCUT2D eigenvalue weighted by Gasteiger charge is 2.36. The van der Waals surface area contributed by atoms with Crippen molar-refractivity contribution in [2.45, 2.75) is 38.3 Å². The molecule has 0 aromatic heterocycles. The molecular weight excluding hydrogens is 166 g/mol. The van der Waals surface area contributed by atoms with Crippen LogP contribution in [0.3, 0.4) is 0 Å². The van der Waals surface area contributed by atoms with Crippen molar-refractivity contribution in [3.63, 3.8) is 0 Å². The maximum atomic E-state index is 9.52. The number of β-amino-alcohol motifs (C(OH)–C–C–N with tert-alkyl or cyclic N) is 1. The van der Waals surface area contributed by atoms with Crippen LogP contribution in [0.25, 0.3) is 0 Å². The summed E-state index contributed by atoms with van der Waals surface area (Å²) in [5.74, 6) is 0. The summed E-state index contributed by atoms with van der Waals surface area (Å²) >= 11 is 0. The summed E-state index contributed by atoms with van der Waals surface area (Å²) in [6.45, 7) is 7.03. The average Bonchev–Trinajstić information content (AvgIpc) is 2.25. The first-order chi connectivity index (χ1) is 6.06. The zero-order valence-corrected chi connectivity index (χ0v) is 8.92. The molecule has 0 amide bonds. The highest BCUT2D eigenvalue weighted by Crippen LogP contribution is 2.28. The van der Waals surface area contributed by atoms with Crippen LogP contribution in [0.1, 0.15) is 26.7 Å². The van der Waals surface area contributed by atoms with E-state index in [1.165, 1.54) is 0 Å². The fourth-order valence-electron chi connectivity index (χ4n) is 2.07. The van der Waals surface area contributed by atoms with Crippen LogP contribution in [0.15, 0.2) is 0 Å². The van der Waals surface area contributed by atoms with Gasteiger partial charge in [-0.1, -0.05) is 0 Å². The molecule has 1 saturated heterocycles. The molecule has 1 aliphatic rings. The van der Waals surface area contributed by atoms with Crippen molar-refractivity contribution in [2.24, 2.45) is 0 Å². The SMILES string of the molecule is COCCCN1CC(O)CC1(C)C. The number of nitrogens with zero attached hydrogens (tertiary/aromatic N) is 1. The molecule has 1 heterocycles. The quantitative estimate of drug-likeness (QED) is 0.663. The fraction of sp³-hybridized carbons (Fsp3) is 1.00. The van der Waals surface area contributed by atoms with E-state index in [4.69, 9.17) is 4.74 Å². The molecule has 0 radical (unpaired) electrons. The molecule has 0 saturated carbocycles. The van der Waals surface area contributed by atoms with Gasteiger partial charge in [0.2, 0.25) is 0 Å². The predicted molar refractivity (Wildman–Crippen MR) is 52.8 cm³/mol. The third kappa shape index (κ3) is 2.93. The van der Waals surface area contributed by atoms with Crippen molar-refractivity contribution >= 4 is 0 Å². The van der Waals surface area contributed by atoms with Crippen LogP contribution in [0.2, 0.25) is 0 Å². The van der Waals surface area contributed by atoms with Gasteiger partial charge in [-0.05, 0) is 26.7 Å². The molecule has 1 atom stereocenters. The van der Waals surface area contributed by atoms with Gasteiger partial charge in [0.1, 0.15) is 0 Å². The second-order valence-electron chi connectivity index (χ2n) is 4.46. The Kier molecular flexibility index (Phi) is 3.71. The van der Waals surface area contributed by atoms with E-state index in [0.717, 1.165) is 32.5 Å². The Morgan fingerprint density at radius 1 is 1.54 bits per heavy atom. The summed E-state index contributed by atoms with van der Waals surface area (Å²) in [6, 6.07) is 0. The van der Waals surface area contributed by atoms with Gasteiger partial charge in [0, 0.05) is 32.3 Å². The van der Waals surface area contributed by atoms with E-state index >= 15 is 0 Å². The minimum Gasteiger partial charge on any atom is -0.392 e. The van der Waals surface area contributed by atoms with Gasteiger partial charge >= 0.3 is 0 Å². The van der Waals surface area contributed by atoms with Gasteiger partial charge in [-0.15, -0.1) is 0 Å². The maximum Gasteiger partial charge on any atom is 0.0684 e. The number of aliphatic hydroxyl groups excluding tert-OH is 1. The van der Waals surface area contributed by atoms with Crippen LogP contribution in [-0.4, -0.2) is 48.5 Å². The molecular formula is C10H21NO2. The second kappa shape index (κ2) is 4.40. The Bertz CT molecular complexity index is 159. The predicted octanol–water partition coefficient (Wildman–Crippen LogP) is 0.868. The van der Waals surface area contributed by atoms with Crippen molar-refractivity contribution in [1.29, 1.82) is 0 Å². The van der Waals surface area contributed by atoms with Crippen LogP contribution < -0.4 is 0 Å². The third-order valence-corrected chi connectivity index (χ3v) is 2.80. The molecule has 1 fully saturated rings. The lowest BCUT2D eigenvalue weighted by Crippen LogP contribution is -2.39. The number of likely N-dealkylation sites (tertiary alicyclic amines) is 1. The Labute approximate surface area is 80.7 Å². The van der Waals surface area contributed by atoms with Crippen molar-refractivity contribution in [3.05, 3.63) is 0 Å². The third-order valence-electron chi connectivity index (χ3n) is 2.80. The molecule has 0 aromatic rings. The van der Waals surface area contributed by atoms with Crippen LogP contribution in [-0.2, 0) is 4.74 Å². The van der Waals surface area contributed by atoms with E-state index < -0.39 is 0 Å². The Hall–Kier alpha value is -0.120. The Morgan fingerprint density at radius 2 is 2.23 bits per heavy atom.